The molecule has 0 saturated carbocycles. The van der Waals surface area contributed by atoms with Gasteiger partial charge in [0.15, 0.2) is 0 Å². The van der Waals surface area contributed by atoms with Gasteiger partial charge in [0.2, 0.25) is 0 Å². The van der Waals surface area contributed by atoms with Gasteiger partial charge in [-0.1, -0.05) is 11.6 Å². The van der Waals surface area contributed by atoms with Crippen molar-refractivity contribution in [2.45, 2.75) is 19.9 Å². The maximum atomic E-state index is 11.7. The van der Waals surface area contributed by atoms with Crippen LogP contribution in [0.25, 0.3) is 0 Å². The van der Waals surface area contributed by atoms with Gasteiger partial charge in [0.05, 0.1) is 10.2 Å². The summed E-state index contributed by atoms with van der Waals surface area (Å²) in [7, 11) is 0. The summed E-state index contributed by atoms with van der Waals surface area (Å²) in [6, 6.07) is 6.75. The van der Waals surface area contributed by atoms with E-state index in [2.05, 4.69) is 31.7 Å². The number of halogens is 2. The molecular formula is C14H16BrClN4O. The van der Waals surface area contributed by atoms with E-state index in [1.807, 2.05) is 17.8 Å². The molecule has 0 fully saturated rings. The van der Waals surface area contributed by atoms with Gasteiger partial charge >= 0.3 is 6.03 Å². The lowest BCUT2D eigenvalue weighted by Crippen LogP contribution is -2.30. The molecule has 0 bridgehead atoms. The van der Waals surface area contributed by atoms with Crippen LogP contribution in [0.3, 0.4) is 0 Å². The standard InChI is InChI=1S/C14H16BrClN4O/c1-10-13(15)9-20(19-10)8-2-7-17-14(21)18-12-5-3-11(16)4-6-12/h3-6,9H,2,7-8H2,1H3,(H2,17,18,21). The molecular weight excluding hydrogens is 356 g/mol. The van der Waals surface area contributed by atoms with Crippen molar-refractivity contribution in [2.75, 3.05) is 11.9 Å². The van der Waals surface area contributed by atoms with Crippen molar-refractivity contribution in [2.24, 2.45) is 0 Å². The van der Waals surface area contributed by atoms with E-state index in [0.29, 0.717) is 17.3 Å². The second-order valence-electron chi connectivity index (χ2n) is 4.57. The molecule has 1 aromatic carbocycles. The first-order valence-electron chi connectivity index (χ1n) is 6.54. The fourth-order valence-electron chi connectivity index (χ4n) is 1.76. The molecule has 5 nitrogen and oxygen atoms in total. The molecule has 2 rings (SSSR count). The number of urea groups is 1. The van der Waals surface area contributed by atoms with E-state index in [-0.39, 0.29) is 6.03 Å². The van der Waals surface area contributed by atoms with Crippen molar-refractivity contribution in [3.63, 3.8) is 0 Å². The van der Waals surface area contributed by atoms with Crippen LogP contribution >= 0.6 is 27.5 Å². The van der Waals surface area contributed by atoms with E-state index in [1.165, 1.54) is 0 Å². The van der Waals surface area contributed by atoms with Crippen LogP contribution in [0.15, 0.2) is 34.9 Å². The number of amides is 2. The van der Waals surface area contributed by atoms with Crippen LogP contribution in [0.5, 0.6) is 0 Å². The summed E-state index contributed by atoms with van der Waals surface area (Å²) >= 11 is 9.20. The minimum Gasteiger partial charge on any atom is -0.338 e. The number of carbonyl (C=O) groups is 1. The highest BCUT2D eigenvalue weighted by Gasteiger charge is 2.03. The summed E-state index contributed by atoms with van der Waals surface area (Å²) in [5, 5.41) is 10.5. The van der Waals surface area contributed by atoms with Crippen molar-refractivity contribution in [1.29, 1.82) is 0 Å². The number of anilines is 1. The molecule has 0 unspecified atom stereocenters. The highest BCUT2D eigenvalue weighted by Crippen LogP contribution is 2.14. The predicted octanol–water partition coefficient (Wildman–Crippen LogP) is 3.82. The number of aromatic nitrogens is 2. The van der Waals surface area contributed by atoms with Crippen LogP contribution < -0.4 is 10.6 Å². The predicted molar refractivity (Wildman–Crippen MR) is 87.8 cm³/mol. The number of nitrogens with one attached hydrogen (secondary N) is 2. The third-order valence-corrected chi connectivity index (χ3v) is 3.87. The highest BCUT2D eigenvalue weighted by atomic mass is 79.9. The Kier molecular flexibility index (Phi) is 5.64. The minimum absolute atomic E-state index is 0.227. The van der Waals surface area contributed by atoms with Gasteiger partial charge in [-0.05, 0) is 53.5 Å². The largest absolute Gasteiger partial charge is 0.338 e. The quantitative estimate of drug-likeness (QED) is 0.785. The average Bonchev–Trinajstić information content (AvgIpc) is 2.76. The Morgan fingerprint density at radius 2 is 2.10 bits per heavy atom. The first-order chi connectivity index (χ1) is 10.0. The average molecular weight is 372 g/mol. The molecule has 1 aromatic heterocycles. The molecule has 0 aliphatic rings. The summed E-state index contributed by atoms with van der Waals surface area (Å²) in [6.45, 7) is 3.28. The maximum Gasteiger partial charge on any atom is 0.319 e. The second kappa shape index (κ2) is 7.47. The Hall–Kier alpha value is -1.53. The number of carbonyl (C=O) groups excluding carboxylic acids is 1. The molecule has 0 saturated heterocycles. The Bertz CT molecular complexity index is 592. The van der Waals surface area contributed by atoms with E-state index < -0.39 is 0 Å². The molecule has 7 heteroatoms. The Labute approximate surface area is 136 Å². The molecule has 1 heterocycles. The third-order valence-electron chi connectivity index (χ3n) is 2.84. The van der Waals surface area contributed by atoms with Gasteiger partial charge in [0.25, 0.3) is 0 Å². The molecule has 112 valence electrons. The summed E-state index contributed by atoms with van der Waals surface area (Å²) in [5.74, 6) is 0. The van der Waals surface area contributed by atoms with Gasteiger partial charge in [0, 0.05) is 30.0 Å². The molecule has 0 spiro atoms. The zero-order valence-corrected chi connectivity index (χ0v) is 13.9. The smallest absolute Gasteiger partial charge is 0.319 e. The highest BCUT2D eigenvalue weighted by molar-refractivity contribution is 9.10. The fourth-order valence-corrected chi connectivity index (χ4v) is 2.20. The van der Waals surface area contributed by atoms with Crippen LogP contribution in [-0.4, -0.2) is 22.4 Å². The zero-order valence-electron chi connectivity index (χ0n) is 11.6. The molecule has 2 N–H and O–H groups in total. The first kappa shape index (κ1) is 15.9. The van der Waals surface area contributed by atoms with Gasteiger partial charge in [-0.2, -0.15) is 5.10 Å². The molecule has 2 aromatic rings. The first-order valence-corrected chi connectivity index (χ1v) is 7.71. The van der Waals surface area contributed by atoms with Crippen LogP contribution in [0.4, 0.5) is 10.5 Å². The number of nitrogens with zero attached hydrogens (tertiary/aromatic N) is 2. The van der Waals surface area contributed by atoms with Gasteiger partial charge in [-0.25, -0.2) is 4.79 Å². The second-order valence-corrected chi connectivity index (χ2v) is 5.86. The van der Waals surface area contributed by atoms with Gasteiger partial charge < -0.3 is 10.6 Å². The van der Waals surface area contributed by atoms with Gasteiger partial charge in [-0.15, -0.1) is 0 Å². The van der Waals surface area contributed by atoms with Crippen molar-refractivity contribution in [3.8, 4) is 0 Å². The lowest BCUT2D eigenvalue weighted by atomic mass is 10.3. The van der Waals surface area contributed by atoms with E-state index in [4.69, 9.17) is 11.6 Å². The lowest BCUT2D eigenvalue weighted by molar-refractivity contribution is 0.251. The Morgan fingerprint density at radius 1 is 1.38 bits per heavy atom. The van der Waals surface area contributed by atoms with Crippen molar-refractivity contribution < 1.29 is 4.79 Å². The van der Waals surface area contributed by atoms with Gasteiger partial charge in [-0.3, -0.25) is 4.68 Å². The molecule has 0 radical (unpaired) electrons. The number of aryl methyl sites for hydroxylation is 2. The fraction of sp³-hybridized carbons (Fsp3) is 0.286. The molecule has 2 amide bonds. The van der Waals surface area contributed by atoms with Crippen LogP contribution in [0.1, 0.15) is 12.1 Å². The summed E-state index contributed by atoms with van der Waals surface area (Å²) < 4.78 is 2.86. The third kappa shape index (κ3) is 5.06. The van der Waals surface area contributed by atoms with E-state index in [9.17, 15) is 4.79 Å². The Morgan fingerprint density at radius 3 is 2.71 bits per heavy atom. The van der Waals surface area contributed by atoms with Crippen LogP contribution in [0.2, 0.25) is 5.02 Å². The summed E-state index contributed by atoms with van der Waals surface area (Å²) in [4.78, 5) is 11.7. The normalized spacial score (nSPS) is 10.4. The molecule has 21 heavy (non-hydrogen) atoms. The van der Waals surface area contributed by atoms with E-state index in [0.717, 1.165) is 23.1 Å². The molecule has 0 atom stereocenters. The number of rotatable bonds is 5. The van der Waals surface area contributed by atoms with Gasteiger partial charge in [0.1, 0.15) is 0 Å². The van der Waals surface area contributed by atoms with E-state index in [1.54, 1.807) is 24.3 Å². The number of hydrogen-bond donors (Lipinski definition) is 2. The van der Waals surface area contributed by atoms with Crippen LogP contribution in [-0.2, 0) is 6.54 Å². The maximum absolute atomic E-state index is 11.7. The molecule has 0 aliphatic heterocycles. The van der Waals surface area contributed by atoms with E-state index >= 15 is 0 Å². The number of benzene rings is 1. The van der Waals surface area contributed by atoms with Crippen molar-refractivity contribution in [1.82, 2.24) is 15.1 Å². The number of hydrogen-bond acceptors (Lipinski definition) is 2. The SMILES string of the molecule is Cc1nn(CCCNC(=O)Nc2ccc(Cl)cc2)cc1Br. The lowest BCUT2D eigenvalue weighted by Gasteiger charge is -2.07. The summed E-state index contributed by atoms with van der Waals surface area (Å²) in [6.07, 6.45) is 2.74. The minimum atomic E-state index is -0.227. The van der Waals surface area contributed by atoms with Crippen molar-refractivity contribution in [3.05, 3.63) is 45.7 Å². The molecule has 0 aliphatic carbocycles. The van der Waals surface area contributed by atoms with Crippen molar-refractivity contribution >= 4 is 39.2 Å². The Balaban J connectivity index is 1.68. The monoisotopic (exact) mass is 370 g/mol. The van der Waals surface area contributed by atoms with Crippen LogP contribution in [0, 0.1) is 6.92 Å². The zero-order chi connectivity index (χ0) is 15.2. The summed E-state index contributed by atoms with van der Waals surface area (Å²) in [5.41, 5.74) is 1.67. The topological polar surface area (TPSA) is 59.0 Å².